The molecule has 0 bridgehead atoms. The van der Waals surface area contributed by atoms with Crippen molar-refractivity contribution in [2.24, 2.45) is 0 Å². The van der Waals surface area contributed by atoms with Gasteiger partial charge in [-0.1, -0.05) is 48.5 Å². The molecule has 0 saturated heterocycles. The molecule has 0 unspecified atom stereocenters. The Morgan fingerprint density at radius 3 is 2.65 bits per heavy atom. The number of carbonyl (C=O) groups is 1. The maximum Gasteiger partial charge on any atom is 0.307 e. The molecular weight excluding hydrogens is 252 g/mol. The van der Waals surface area contributed by atoms with E-state index in [1.165, 1.54) is 0 Å². The number of hydrogen-bond acceptors (Lipinski definition) is 2. The quantitative estimate of drug-likeness (QED) is 0.927. The minimum Gasteiger partial charge on any atom is -0.481 e. The van der Waals surface area contributed by atoms with Crippen LogP contribution in [0, 0.1) is 0 Å². The van der Waals surface area contributed by atoms with Crippen LogP contribution < -0.4 is 4.74 Å². The Morgan fingerprint density at radius 1 is 1.10 bits per heavy atom. The SMILES string of the molecule is O=C(O)Cc1cccc2c1OC(c1ccccc1)=CC2. The van der Waals surface area contributed by atoms with Crippen LogP contribution in [-0.2, 0) is 17.6 Å². The number of para-hydroxylation sites is 1. The average molecular weight is 266 g/mol. The lowest BCUT2D eigenvalue weighted by atomic mass is 10.0. The van der Waals surface area contributed by atoms with Crippen molar-refractivity contribution in [3.63, 3.8) is 0 Å². The minimum absolute atomic E-state index is 0.0226. The van der Waals surface area contributed by atoms with Crippen LogP contribution in [0.2, 0.25) is 0 Å². The van der Waals surface area contributed by atoms with Gasteiger partial charge < -0.3 is 9.84 Å². The van der Waals surface area contributed by atoms with Crippen LogP contribution in [0.4, 0.5) is 0 Å². The van der Waals surface area contributed by atoms with Gasteiger partial charge in [0.25, 0.3) is 0 Å². The lowest BCUT2D eigenvalue weighted by Gasteiger charge is -2.20. The second-order valence-electron chi connectivity index (χ2n) is 4.72. The predicted molar refractivity (Wildman–Crippen MR) is 76.5 cm³/mol. The predicted octanol–water partition coefficient (Wildman–Crippen LogP) is 3.29. The van der Waals surface area contributed by atoms with Gasteiger partial charge >= 0.3 is 5.97 Å². The molecule has 2 aromatic carbocycles. The molecule has 3 rings (SSSR count). The lowest BCUT2D eigenvalue weighted by Crippen LogP contribution is -2.09. The smallest absolute Gasteiger partial charge is 0.307 e. The number of allylic oxidation sites excluding steroid dienone is 1. The first-order valence-electron chi connectivity index (χ1n) is 6.50. The highest BCUT2D eigenvalue weighted by atomic mass is 16.5. The first kappa shape index (κ1) is 12.5. The summed E-state index contributed by atoms with van der Waals surface area (Å²) in [6.45, 7) is 0. The van der Waals surface area contributed by atoms with Crippen LogP contribution in [0.25, 0.3) is 5.76 Å². The van der Waals surface area contributed by atoms with Crippen LogP contribution in [0.1, 0.15) is 16.7 Å². The normalized spacial score (nSPS) is 13.1. The summed E-state index contributed by atoms with van der Waals surface area (Å²) >= 11 is 0. The summed E-state index contributed by atoms with van der Waals surface area (Å²) in [5.41, 5.74) is 2.75. The zero-order chi connectivity index (χ0) is 13.9. The van der Waals surface area contributed by atoms with Gasteiger partial charge in [0.2, 0.25) is 0 Å². The minimum atomic E-state index is -0.849. The first-order valence-corrected chi connectivity index (χ1v) is 6.50. The molecule has 0 atom stereocenters. The van der Waals surface area contributed by atoms with E-state index in [0.717, 1.165) is 28.9 Å². The van der Waals surface area contributed by atoms with Gasteiger partial charge in [-0.15, -0.1) is 0 Å². The van der Waals surface area contributed by atoms with E-state index in [0.29, 0.717) is 5.75 Å². The molecule has 0 radical (unpaired) electrons. The molecule has 0 aromatic heterocycles. The Hall–Kier alpha value is -2.55. The van der Waals surface area contributed by atoms with Gasteiger partial charge in [-0.05, 0) is 18.1 Å². The fraction of sp³-hybridized carbons (Fsp3) is 0.118. The van der Waals surface area contributed by atoms with E-state index >= 15 is 0 Å². The van der Waals surface area contributed by atoms with Crippen LogP contribution in [0.15, 0.2) is 54.6 Å². The summed E-state index contributed by atoms with van der Waals surface area (Å²) in [4.78, 5) is 10.9. The van der Waals surface area contributed by atoms with Crippen molar-refractivity contribution in [2.75, 3.05) is 0 Å². The Morgan fingerprint density at radius 2 is 1.90 bits per heavy atom. The molecule has 0 spiro atoms. The standard InChI is InChI=1S/C17H14O3/c18-16(19)11-14-8-4-7-13-9-10-15(20-17(13)14)12-5-2-1-3-6-12/h1-8,10H,9,11H2,(H,18,19). The van der Waals surface area contributed by atoms with Crippen LogP contribution in [-0.4, -0.2) is 11.1 Å². The third-order valence-corrected chi connectivity index (χ3v) is 3.30. The monoisotopic (exact) mass is 266 g/mol. The molecule has 20 heavy (non-hydrogen) atoms. The van der Waals surface area contributed by atoms with E-state index < -0.39 is 5.97 Å². The largest absolute Gasteiger partial charge is 0.481 e. The van der Waals surface area contributed by atoms with E-state index in [1.807, 2.05) is 48.5 Å². The van der Waals surface area contributed by atoms with Gasteiger partial charge in [-0.25, -0.2) is 0 Å². The third kappa shape index (κ3) is 2.43. The Balaban J connectivity index is 1.95. The molecule has 3 heteroatoms. The van der Waals surface area contributed by atoms with E-state index in [1.54, 1.807) is 6.07 Å². The molecular formula is C17H14O3. The summed E-state index contributed by atoms with van der Waals surface area (Å²) in [6.07, 6.45) is 2.76. The molecule has 2 aromatic rings. The summed E-state index contributed by atoms with van der Waals surface area (Å²) in [5, 5.41) is 8.98. The molecule has 1 aliphatic rings. The molecule has 3 nitrogen and oxygen atoms in total. The maximum absolute atomic E-state index is 10.9. The molecule has 1 heterocycles. The molecule has 1 N–H and O–H groups in total. The summed E-state index contributed by atoms with van der Waals surface area (Å²) < 4.78 is 5.95. The fourth-order valence-corrected chi connectivity index (χ4v) is 2.37. The summed E-state index contributed by atoms with van der Waals surface area (Å²) in [7, 11) is 0. The summed E-state index contributed by atoms with van der Waals surface area (Å²) in [6, 6.07) is 15.5. The number of fused-ring (bicyclic) bond motifs is 1. The zero-order valence-corrected chi connectivity index (χ0v) is 10.9. The van der Waals surface area contributed by atoms with Gasteiger partial charge in [0.1, 0.15) is 11.5 Å². The molecule has 0 amide bonds. The highest BCUT2D eigenvalue weighted by Crippen LogP contribution is 2.33. The first-order chi connectivity index (χ1) is 9.74. The maximum atomic E-state index is 10.9. The second kappa shape index (κ2) is 5.21. The topological polar surface area (TPSA) is 46.5 Å². The Bertz CT molecular complexity index is 672. The molecule has 0 saturated carbocycles. The van der Waals surface area contributed by atoms with Crippen molar-refractivity contribution in [3.8, 4) is 5.75 Å². The van der Waals surface area contributed by atoms with Gasteiger partial charge in [0.05, 0.1) is 6.42 Å². The van der Waals surface area contributed by atoms with E-state index in [9.17, 15) is 4.79 Å². The van der Waals surface area contributed by atoms with E-state index in [2.05, 4.69) is 0 Å². The molecule has 1 aliphatic heterocycles. The number of rotatable bonds is 3. The molecule has 0 aliphatic carbocycles. The van der Waals surface area contributed by atoms with Crippen molar-refractivity contribution < 1.29 is 14.6 Å². The number of ether oxygens (including phenoxy) is 1. The number of carboxylic acids is 1. The van der Waals surface area contributed by atoms with Gasteiger partial charge in [-0.2, -0.15) is 0 Å². The highest BCUT2D eigenvalue weighted by molar-refractivity contribution is 5.73. The van der Waals surface area contributed by atoms with Gasteiger partial charge in [0.15, 0.2) is 0 Å². The van der Waals surface area contributed by atoms with Crippen molar-refractivity contribution in [1.82, 2.24) is 0 Å². The highest BCUT2D eigenvalue weighted by Gasteiger charge is 2.18. The number of benzene rings is 2. The number of hydrogen-bond donors (Lipinski definition) is 1. The third-order valence-electron chi connectivity index (χ3n) is 3.30. The fourth-order valence-electron chi connectivity index (χ4n) is 2.37. The summed E-state index contributed by atoms with van der Waals surface area (Å²) in [5.74, 6) is 0.630. The lowest BCUT2D eigenvalue weighted by molar-refractivity contribution is -0.136. The van der Waals surface area contributed by atoms with Crippen LogP contribution in [0.3, 0.4) is 0 Å². The van der Waals surface area contributed by atoms with Crippen LogP contribution >= 0.6 is 0 Å². The van der Waals surface area contributed by atoms with E-state index in [4.69, 9.17) is 9.84 Å². The van der Waals surface area contributed by atoms with Crippen molar-refractivity contribution >= 4 is 11.7 Å². The Kier molecular flexibility index (Phi) is 3.25. The average Bonchev–Trinajstić information content (AvgIpc) is 2.47. The number of aliphatic carboxylic acids is 1. The molecule has 0 fully saturated rings. The zero-order valence-electron chi connectivity index (χ0n) is 10.9. The van der Waals surface area contributed by atoms with Gasteiger partial charge in [-0.3, -0.25) is 4.79 Å². The number of carboxylic acid groups (broad SMARTS) is 1. The van der Waals surface area contributed by atoms with Gasteiger partial charge in [0, 0.05) is 11.1 Å². The second-order valence-corrected chi connectivity index (χ2v) is 4.72. The van der Waals surface area contributed by atoms with Crippen molar-refractivity contribution in [2.45, 2.75) is 12.8 Å². The molecule has 100 valence electrons. The van der Waals surface area contributed by atoms with Crippen molar-refractivity contribution in [1.29, 1.82) is 0 Å². The van der Waals surface area contributed by atoms with Crippen LogP contribution in [0.5, 0.6) is 5.75 Å². The van der Waals surface area contributed by atoms with E-state index in [-0.39, 0.29) is 6.42 Å². The van der Waals surface area contributed by atoms with Crippen molar-refractivity contribution in [3.05, 3.63) is 71.3 Å². The Labute approximate surface area is 117 Å².